The summed E-state index contributed by atoms with van der Waals surface area (Å²) in [4.78, 5) is 28.9. The van der Waals surface area contributed by atoms with Crippen molar-refractivity contribution in [3.8, 4) is 5.75 Å². The zero-order chi connectivity index (χ0) is 18.0. The van der Waals surface area contributed by atoms with Gasteiger partial charge in [0, 0.05) is 24.5 Å². The van der Waals surface area contributed by atoms with Crippen LogP contribution >= 0.6 is 11.6 Å². The molecule has 2 fully saturated rings. The number of methoxy groups -OCH3 is 1. The van der Waals surface area contributed by atoms with E-state index < -0.39 is 18.1 Å². The number of benzene rings is 1. The number of carbonyl (C=O) groups is 2. The largest absolute Gasteiger partial charge is 0.496 e. The first-order valence-electron chi connectivity index (χ1n) is 8.58. The zero-order valence-electron chi connectivity index (χ0n) is 14.2. The van der Waals surface area contributed by atoms with Crippen molar-refractivity contribution < 1.29 is 18.7 Å². The van der Waals surface area contributed by atoms with Gasteiger partial charge in [-0.2, -0.15) is 0 Å². The molecule has 0 N–H and O–H groups in total. The third-order valence-corrected chi connectivity index (χ3v) is 5.09. The second-order valence-corrected chi connectivity index (χ2v) is 6.97. The van der Waals surface area contributed by atoms with E-state index in [0.717, 1.165) is 19.3 Å². The molecule has 0 unspecified atom stereocenters. The maximum absolute atomic E-state index is 14.1. The molecular formula is C18H22ClFN2O3. The van der Waals surface area contributed by atoms with Crippen molar-refractivity contribution in [2.75, 3.05) is 26.7 Å². The Balaban J connectivity index is 1.85. The van der Waals surface area contributed by atoms with E-state index in [0.29, 0.717) is 23.9 Å². The number of nitrogens with zero attached hydrogens (tertiary/aromatic N) is 2. The van der Waals surface area contributed by atoms with Gasteiger partial charge in [-0.05, 0) is 37.5 Å². The Morgan fingerprint density at radius 1 is 1.24 bits per heavy atom. The molecule has 1 aromatic rings. The van der Waals surface area contributed by atoms with Gasteiger partial charge in [-0.15, -0.1) is 0 Å². The minimum Gasteiger partial charge on any atom is -0.496 e. The van der Waals surface area contributed by atoms with E-state index in [1.165, 1.54) is 18.1 Å². The second kappa shape index (κ2) is 7.60. The normalized spacial score (nSPS) is 23.6. The monoisotopic (exact) mass is 368 g/mol. The first-order chi connectivity index (χ1) is 12.0. The van der Waals surface area contributed by atoms with Crippen LogP contribution in [0.1, 0.15) is 36.0 Å². The van der Waals surface area contributed by atoms with Gasteiger partial charge < -0.3 is 14.5 Å². The van der Waals surface area contributed by atoms with Crippen molar-refractivity contribution in [3.63, 3.8) is 0 Å². The average Bonchev–Trinajstić information content (AvgIpc) is 3.03. The molecule has 3 rings (SSSR count). The number of rotatable bonds is 3. The molecule has 2 atom stereocenters. The van der Waals surface area contributed by atoms with Gasteiger partial charge in [0.15, 0.2) is 0 Å². The lowest BCUT2D eigenvalue weighted by Crippen LogP contribution is -2.49. The quantitative estimate of drug-likeness (QED) is 0.824. The summed E-state index contributed by atoms with van der Waals surface area (Å²) >= 11 is 6.00. The number of alkyl halides is 1. The Bertz CT molecular complexity index is 664. The van der Waals surface area contributed by atoms with Crippen molar-refractivity contribution >= 4 is 23.4 Å². The summed E-state index contributed by atoms with van der Waals surface area (Å²) in [6.45, 7) is 1.27. The lowest BCUT2D eigenvalue weighted by Gasteiger charge is -2.32. The number of hydrogen-bond acceptors (Lipinski definition) is 3. The van der Waals surface area contributed by atoms with Crippen LogP contribution in [0, 0.1) is 0 Å². The van der Waals surface area contributed by atoms with Crippen molar-refractivity contribution in [3.05, 3.63) is 28.8 Å². The fraction of sp³-hybridized carbons (Fsp3) is 0.556. The Hall–Kier alpha value is -1.82. The summed E-state index contributed by atoms with van der Waals surface area (Å²) < 4.78 is 19.3. The van der Waals surface area contributed by atoms with Crippen molar-refractivity contribution in [1.29, 1.82) is 0 Å². The highest BCUT2D eigenvalue weighted by Crippen LogP contribution is 2.29. The molecule has 2 saturated heterocycles. The van der Waals surface area contributed by atoms with Crippen LogP contribution in [0.25, 0.3) is 0 Å². The molecule has 0 saturated carbocycles. The van der Waals surface area contributed by atoms with E-state index >= 15 is 0 Å². The highest BCUT2D eigenvalue weighted by atomic mass is 35.5. The lowest BCUT2D eigenvalue weighted by atomic mass is 10.1. The van der Waals surface area contributed by atoms with Crippen LogP contribution in [-0.4, -0.2) is 60.6 Å². The van der Waals surface area contributed by atoms with Crippen LogP contribution < -0.4 is 4.74 Å². The van der Waals surface area contributed by atoms with Crippen molar-refractivity contribution in [2.45, 2.75) is 37.9 Å². The van der Waals surface area contributed by atoms with Crippen LogP contribution in [0.4, 0.5) is 4.39 Å². The molecule has 136 valence electrons. The molecule has 2 amide bonds. The number of hydrogen-bond donors (Lipinski definition) is 0. The van der Waals surface area contributed by atoms with E-state index in [9.17, 15) is 14.0 Å². The molecule has 0 radical (unpaired) electrons. The van der Waals surface area contributed by atoms with Gasteiger partial charge in [-0.3, -0.25) is 9.59 Å². The fourth-order valence-corrected chi connectivity index (χ4v) is 3.74. The summed E-state index contributed by atoms with van der Waals surface area (Å²) in [5.74, 6) is -0.218. The lowest BCUT2D eigenvalue weighted by molar-refractivity contribution is -0.136. The third kappa shape index (κ3) is 3.73. The molecule has 5 nitrogen and oxygen atoms in total. The number of carbonyl (C=O) groups excluding carboxylic acids is 2. The summed E-state index contributed by atoms with van der Waals surface area (Å²) in [6, 6.07) is 3.95. The Labute approximate surface area is 151 Å². The Morgan fingerprint density at radius 2 is 1.96 bits per heavy atom. The average molecular weight is 369 g/mol. The highest BCUT2D eigenvalue weighted by Gasteiger charge is 2.42. The molecule has 0 bridgehead atoms. The van der Waals surface area contributed by atoms with Crippen molar-refractivity contribution in [1.82, 2.24) is 9.80 Å². The Morgan fingerprint density at radius 3 is 2.64 bits per heavy atom. The summed E-state index contributed by atoms with van der Waals surface area (Å²) in [5, 5.41) is 0.388. The van der Waals surface area contributed by atoms with Gasteiger partial charge in [0.25, 0.3) is 5.91 Å². The first kappa shape index (κ1) is 18.0. The summed E-state index contributed by atoms with van der Waals surface area (Å²) in [7, 11) is 1.46. The maximum atomic E-state index is 14.1. The number of piperidine rings is 1. The molecule has 2 heterocycles. The highest BCUT2D eigenvalue weighted by molar-refractivity contribution is 6.31. The van der Waals surface area contributed by atoms with Gasteiger partial charge >= 0.3 is 0 Å². The molecule has 2 aliphatic heterocycles. The maximum Gasteiger partial charge on any atom is 0.258 e. The van der Waals surface area contributed by atoms with E-state index in [1.54, 1.807) is 17.0 Å². The van der Waals surface area contributed by atoms with E-state index in [-0.39, 0.29) is 24.4 Å². The second-order valence-electron chi connectivity index (χ2n) is 6.54. The van der Waals surface area contributed by atoms with E-state index in [1.807, 2.05) is 0 Å². The molecule has 0 spiro atoms. The zero-order valence-corrected chi connectivity index (χ0v) is 15.0. The molecule has 7 heteroatoms. The SMILES string of the molecule is COc1ccc(Cl)cc1C(=O)N1C[C@@H](F)C[C@H]1C(=O)N1CCCCC1. The molecular weight excluding hydrogens is 347 g/mol. The summed E-state index contributed by atoms with van der Waals surface area (Å²) in [5.41, 5.74) is 0.251. The number of likely N-dealkylation sites (tertiary alicyclic amines) is 2. The predicted molar refractivity (Wildman–Crippen MR) is 92.8 cm³/mol. The number of ether oxygens (including phenoxy) is 1. The van der Waals surface area contributed by atoms with E-state index in [4.69, 9.17) is 16.3 Å². The van der Waals surface area contributed by atoms with Gasteiger partial charge in [0.05, 0.1) is 19.2 Å². The van der Waals surface area contributed by atoms with Crippen LogP contribution in [-0.2, 0) is 4.79 Å². The molecule has 2 aliphatic rings. The molecule has 0 aliphatic carbocycles. The van der Waals surface area contributed by atoms with Gasteiger partial charge in [0.1, 0.15) is 18.0 Å². The molecule has 0 aromatic heterocycles. The Kier molecular flexibility index (Phi) is 5.47. The molecule has 1 aromatic carbocycles. The third-order valence-electron chi connectivity index (χ3n) is 4.86. The van der Waals surface area contributed by atoms with E-state index in [2.05, 4.69) is 0 Å². The number of amides is 2. The fourth-order valence-electron chi connectivity index (χ4n) is 3.57. The standard InChI is InChI=1S/C18H22ClFN2O3/c1-25-16-6-5-12(19)9-14(16)17(23)22-11-13(20)10-15(22)18(24)21-7-3-2-4-8-21/h5-6,9,13,15H,2-4,7-8,10-11H2,1H3/t13-,15-/m0/s1. The van der Waals surface area contributed by atoms with Gasteiger partial charge in [-0.25, -0.2) is 4.39 Å². The van der Waals surface area contributed by atoms with Gasteiger partial charge in [-0.1, -0.05) is 11.6 Å². The van der Waals surface area contributed by atoms with Crippen LogP contribution in [0.5, 0.6) is 5.75 Å². The van der Waals surface area contributed by atoms with Gasteiger partial charge in [0.2, 0.25) is 5.91 Å². The van der Waals surface area contributed by atoms with Crippen LogP contribution in [0.15, 0.2) is 18.2 Å². The molecule has 25 heavy (non-hydrogen) atoms. The van der Waals surface area contributed by atoms with Crippen molar-refractivity contribution in [2.24, 2.45) is 0 Å². The first-order valence-corrected chi connectivity index (χ1v) is 8.96. The van der Waals surface area contributed by atoms with Crippen LogP contribution in [0.3, 0.4) is 0 Å². The topological polar surface area (TPSA) is 49.9 Å². The van der Waals surface area contributed by atoms with Crippen LogP contribution in [0.2, 0.25) is 5.02 Å². The summed E-state index contributed by atoms with van der Waals surface area (Å²) in [6.07, 6.45) is 1.85. The predicted octanol–water partition coefficient (Wildman–Crippen LogP) is 2.91. The number of halogens is 2. The minimum absolute atomic E-state index is 0.0456. The minimum atomic E-state index is -1.20. The smallest absolute Gasteiger partial charge is 0.258 e.